The Kier molecular flexibility index (Phi) is 6.16. The maximum atomic E-state index is 6.62. The molecule has 0 N–H and O–H groups in total. The van der Waals surface area contributed by atoms with E-state index in [1.54, 1.807) is 7.11 Å². The maximum absolute atomic E-state index is 6.62. The van der Waals surface area contributed by atoms with Crippen LogP contribution >= 0.6 is 11.6 Å². The van der Waals surface area contributed by atoms with Gasteiger partial charge in [-0.2, -0.15) is 0 Å². The average Bonchev–Trinajstić information content (AvgIpc) is 2.78. The Labute approximate surface area is 195 Å². The van der Waals surface area contributed by atoms with Crippen LogP contribution in [0.2, 0.25) is 5.02 Å². The highest BCUT2D eigenvalue weighted by atomic mass is 35.5. The second-order valence-corrected chi connectivity index (χ2v) is 9.35. The van der Waals surface area contributed by atoms with Crippen molar-refractivity contribution in [3.8, 4) is 17.2 Å². The van der Waals surface area contributed by atoms with E-state index in [4.69, 9.17) is 21.1 Å². The van der Waals surface area contributed by atoms with Gasteiger partial charge in [-0.25, -0.2) is 0 Å². The van der Waals surface area contributed by atoms with Crippen molar-refractivity contribution in [1.82, 2.24) is 0 Å². The molecular weight excluding hydrogens is 420 g/mol. The Morgan fingerprint density at radius 3 is 2.22 bits per heavy atom. The number of methoxy groups -OCH3 is 1. The molecule has 3 aromatic carbocycles. The van der Waals surface area contributed by atoms with E-state index in [9.17, 15) is 0 Å². The molecule has 0 aliphatic carbocycles. The Hall–Kier alpha value is -2.98. The second kappa shape index (κ2) is 8.87. The van der Waals surface area contributed by atoms with Crippen molar-refractivity contribution < 1.29 is 9.47 Å². The zero-order valence-corrected chi connectivity index (χ0v) is 20.0. The molecule has 0 aromatic heterocycles. The highest BCUT2D eigenvalue weighted by molar-refractivity contribution is 6.33. The standard InChI is InChI=1S/C27H29ClN2O2/c1-18-16-27(2,3)30(4)26-15-25(28)19(14-24(18)26)17-29-20-6-8-22(9-7-20)32-23-12-10-21(31-5)11-13-23/h6-15,17-18H,16H2,1-5H3/t18-/m1/s1. The van der Waals surface area contributed by atoms with Gasteiger partial charge in [0.2, 0.25) is 0 Å². The first-order chi connectivity index (χ1) is 15.3. The molecule has 4 rings (SSSR count). The molecule has 1 atom stereocenters. The molecule has 0 bridgehead atoms. The predicted octanol–water partition coefficient (Wildman–Crippen LogP) is 7.61. The van der Waals surface area contributed by atoms with Gasteiger partial charge in [-0.3, -0.25) is 4.99 Å². The number of aliphatic imine (C=N–C) groups is 1. The minimum atomic E-state index is 0.112. The Morgan fingerprint density at radius 1 is 1.00 bits per heavy atom. The van der Waals surface area contributed by atoms with Gasteiger partial charge in [0.15, 0.2) is 0 Å². The molecule has 0 spiro atoms. The van der Waals surface area contributed by atoms with Gasteiger partial charge >= 0.3 is 0 Å². The normalized spacial score (nSPS) is 17.3. The third kappa shape index (κ3) is 4.61. The molecule has 3 aromatic rings. The third-order valence-corrected chi connectivity index (χ3v) is 6.56. The van der Waals surface area contributed by atoms with Crippen molar-refractivity contribution in [2.45, 2.75) is 38.6 Å². The van der Waals surface area contributed by atoms with E-state index in [0.717, 1.165) is 34.9 Å². The van der Waals surface area contributed by atoms with Gasteiger partial charge in [0, 0.05) is 30.1 Å². The van der Waals surface area contributed by atoms with Crippen LogP contribution in [0.1, 0.15) is 44.2 Å². The number of hydrogen-bond acceptors (Lipinski definition) is 4. The number of hydrogen-bond donors (Lipinski definition) is 0. The lowest BCUT2D eigenvalue weighted by atomic mass is 9.80. The maximum Gasteiger partial charge on any atom is 0.127 e. The summed E-state index contributed by atoms with van der Waals surface area (Å²) in [5.41, 5.74) is 4.41. The average molecular weight is 449 g/mol. The summed E-state index contributed by atoms with van der Waals surface area (Å²) in [5.74, 6) is 2.77. The number of ether oxygens (including phenoxy) is 2. The Bertz CT molecular complexity index is 1120. The van der Waals surface area contributed by atoms with E-state index in [1.165, 1.54) is 11.3 Å². The SMILES string of the molecule is COc1ccc(Oc2ccc(N=Cc3cc4c(cc3Cl)N(C)C(C)(C)C[C@H]4C)cc2)cc1. The fourth-order valence-electron chi connectivity index (χ4n) is 4.23. The summed E-state index contributed by atoms with van der Waals surface area (Å²) in [6.07, 6.45) is 2.94. The lowest BCUT2D eigenvalue weighted by Crippen LogP contribution is -2.45. The highest BCUT2D eigenvalue weighted by Gasteiger charge is 2.34. The summed E-state index contributed by atoms with van der Waals surface area (Å²) in [4.78, 5) is 6.96. The molecule has 0 fully saturated rings. The zero-order valence-electron chi connectivity index (χ0n) is 19.2. The largest absolute Gasteiger partial charge is 0.497 e. The molecule has 1 heterocycles. The van der Waals surface area contributed by atoms with E-state index < -0.39 is 0 Å². The predicted molar refractivity (Wildman–Crippen MR) is 134 cm³/mol. The molecule has 0 unspecified atom stereocenters. The van der Waals surface area contributed by atoms with Crippen molar-refractivity contribution in [2.24, 2.45) is 4.99 Å². The van der Waals surface area contributed by atoms with E-state index >= 15 is 0 Å². The molecule has 1 aliphatic heterocycles. The van der Waals surface area contributed by atoms with E-state index in [0.29, 0.717) is 10.9 Å². The summed E-state index contributed by atoms with van der Waals surface area (Å²) in [6.45, 7) is 6.83. The van der Waals surface area contributed by atoms with Crippen LogP contribution in [0.25, 0.3) is 0 Å². The van der Waals surface area contributed by atoms with Gasteiger partial charge in [-0.05, 0) is 92.4 Å². The number of fused-ring (bicyclic) bond motifs is 1. The van der Waals surface area contributed by atoms with Crippen LogP contribution in [0.4, 0.5) is 11.4 Å². The van der Waals surface area contributed by atoms with Crippen molar-refractivity contribution in [3.63, 3.8) is 0 Å². The smallest absolute Gasteiger partial charge is 0.127 e. The molecule has 0 radical (unpaired) electrons. The van der Waals surface area contributed by atoms with Crippen molar-refractivity contribution in [1.29, 1.82) is 0 Å². The molecular formula is C27H29ClN2O2. The minimum absolute atomic E-state index is 0.112. The lowest BCUT2D eigenvalue weighted by Gasteiger charge is -2.45. The van der Waals surface area contributed by atoms with Crippen LogP contribution in [-0.4, -0.2) is 25.9 Å². The first-order valence-corrected chi connectivity index (χ1v) is 11.2. The summed E-state index contributed by atoms with van der Waals surface area (Å²) in [5, 5.41) is 0.712. The molecule has 4 nitrogen and oxygen atoms in total. The van der Waals surface area contributed by atoms with Crippen molar-refractivity contribution in [2.75, 3.05) is 19.1 Å². The van der Waals surface area contributed by atoms with Crippen LogP contribution in [0.3, 0.4) is 0 Å². The number of rotatable bonds is 5. The number of nitrogens with zero attached hydrogens (tertiary/aromatic N) is 2. The Balaban J connectivity index is 1.50. The monoisotopic (exact) mass is 448 g/mol. The third-order valence-electron chi connectivity index (χ3n) is 6.24. The van der Waals surface area contributed by atoms with Crippen LogP contribution < -0.4 is 14.4 Å². The van der Waals surface area contributed by atoms with Gasteiger partial charge < -0.3 is 14.4 Å². The van der Waals surface area contributed by atoms with Gasteiger partial charge in [0.05, 0.1) is 17.8 Å². The van der Waals surface area contributed by atoms with Crippen LogP contribution in [0, 0.1) is 0 Å². The highest BCUT2D eigenvalue weighted by Crippen LogP contribution is 2.44. The molecule has 0 saturated heterocycles. The Morgan fingerprint density at radius 2 is 1.59 bits per heavy atom. The van der Waals surface area contributed by atoms with Gasteiger partial charge in [0.1, 0.15) is 17.2 Å². The number of benzene rings is 3. The first-order valence-electron chi connectivity index (χ1n) is 10.8. The van der Waals surface area contributed by atoms with Gasteiger partial charge in [0.25, 0.3) is 0 Å². The van der Waals surface area contributed by atoms with Gasteiger partial charge in [-0.1, -0.05) is 18.5 Å². The second-order valence-electron chi connectivity index (χ2n) is 8.94. The van der Waals surface area contributed by atoms with Crippen LogP contribution in [-0.2, 0) is 0 Å². The molecule has 0 saturated carbocycles. The first kappa shape index (κ1) is 22.2. The lowest BCUT2D eigenvalue weighted by molar-refractivity contribution is 0.395. The van der Waals surface area contributed by atoms with Crippen molar-refractivity contribution in [3.05, 3.63) is 76.8 Å². The summed E-state index contributed by atoms with van der Waals surface area (Å²) in [7, 11) is 3.79. The van der Waals surface area contributed by atoms with Crippen molar-refractivity contribution >= 4 is 29.2 Å². The summed E-state index contributed by atoms with van der Waals surface area (Å²) in [6, 6.07) is 19.4. The van der Waals surface area contributed by atoms with E-state index in [-0.39, 0.29) is 5.54 Å². The summed E-state index contributed by atoms with van der Waals surface area (Å²) < 4.78 is 11.1. The quantitative estimate of drug-likeness (QED) is 0.376. The van der Waals surface area contributed by atoms with E-state index in [2.05, 4.69) is 49.8 Å². The molecule has 1 aliphatic rings. The molecule has 32 heavy (non-hydrogen) atoms. The molecule has 166 valence electrons. The summed E-state index contributed by atoms with van der Waals surface area (Å²) >= 11 is 6.62. The topological polar surface area (TPSA) is 34.1 Å². The number of halogens is 1. The fourth-order valence-corrected chi connectivity index (χ4v) is 4.43. The van der Waals surface area contributed by atoms with Crippen LogP contribution in [0.15, 0.2) is 65.7 Å². The van der Waals surface area contributed by atoms with E-state index in [1.807, 2.05) is 54.7 Å². The zero-order chi connectivity index (χ0) is 22.9. The minimum Gasteiger partial charge on any atom is -0.497 e. The van der Waals surface area contributed by atoms with Crippen LogP contribution in [0.5, 0.6) is 17.2 Å². The number of anilines is 1. The molecule has 5 heteroatoms. The fraction of sp³-hybridized carbons (Fsp3) is 0.296. The van der Waals surface area contributed by atoms with Gasteiger partial charge in [-0.15, -0.1) is 0 Å². The molecule has 0 amide bonds.